The van der Waals surface area contributed by atoms with Gasteiger partial charge < -0.3 is 31.5 Å². The van der Waals surface area contributed by atoms with E-state index in [0.29, 0.717) is 39.9 Å². The van der Waals surface area contributed by atoms with Crippen molar-refractivity contribution in [2.75, 3.05) is 35.9 Å². The van der Waals surface area contributed by atoms with Crippen LogP contribution in [0.1, 0.15) is 65.6 Å². The molecule has 266 valence electrons. The van der Waals surface area contributed by atoms with E-state index in [-0.39, 0.29) is 60.1 Å². The monoisotopic (exact) mass is 758 g/mol. The highest BCUT2D eigenvalue weighted by atomic mass is 35.5. The fraction of sp³-hybridized carbons (Fsp3) is 0.412. The van der Waals surface area contributed by atoms with E-state index in [1.165, 1.54) is 29.6 Å². The highest BCUT2D eigenvalue weighted by molar-refractivity contribution is 7.98. The van der Waals surface area contributed by atoms with Crippen molar-refractivity contribution >= 4 is 86.0 Å². The first kappa shape index (κ1) is 37.7. The summed E-state index contributed by atoms with van der Waals surface area (Å²) in [5.41, 5.74) is 8.11. The van der Waals surface area contributed by atoms with Gasteiger partial charge in [-0.15, -0.1) is 34.3 Å². The van der Waals surface area contributed by atoms with E-state index >= 15 is 0 Å². The summed E-state index contributed by atoms with van der Waals surface area (Å²) in [4.78, 5) is 62.9. The first-order valence-corrected chi connectivity index (χ1v) is 19.8. The molecule has 50 heavy (non-hydrogen) atoms. The Kier molecular flexibility index (Phi) is 12.9. The lowest BCUT2D eigenvalue weighted by atomic mass is 9.95. The zero-order valence-electron chi connectivity index (χ0n) is 27.6. The van der Waals surface area contributed by atoms with Crippen molar-refractivity contribution in [2.45, 2.75) is 56.7 Å². The van der Waals surface area contributed by atoms with Crippen LogP contribution in [0.4, 0.5) is 5.69 Å². The number of aromatic nitrogens is 2. The molecule has 0 fully saturated rings. The Bertz CT molecular complexity index is 1870. The number of rotatable bonds is 16. The number of carbonyl (C=O) groups excluding carboxylic acids is 4. The summed E-state index contributed by atoms with van der Waals surface area (Å²) >= 11 is 10.5. The van der Waals surface area contributed by atoms with E-state index in [4.69, 9.17) is 17.3 Å². The van der Waals surface area contributed by atoms with Crippen molar-refractivity contribution in [2.24, 2.45) is 5.73 Å². The summed E-state index contributed by atoms with van der Waals surface area (Å²) in [6.07, 6.45) is 1.34. The number of hydrogen-bond acceptors (Lipinski definition) is 12. The number of aliphatic hydroxyl groups excluding tert-OH is 1. The number of alkyl halides is 1. The summed E-state index contributed by atoms with van der Waals surface area (Å²) in [6, 6.07) is 6.87. The zero-order valence-corrected chi connectivity index (χ0v) is 30.8. The van der Waals surface area contributed by atoms with E-state index in [0.717, 1.165) is 23.1 Å². The van der Waals surface area contributed by atoms with Gasteiger partial charge in [-0.2, -0.15) is 11.8 Å². The number of Topliss-reactive ketones (excluding diaryl/α,β-unsaturated/α-hetero) is 1. The van der Waals surface area contributed by atoms with Gasteiger partial charge in [0.1, 0.15) is 39.0 Å². The summed E-state index contributed by atoms with van der Waals surface area (Å²) in [6.45, 7) is 2.27. The van der Waals surface area contributed by atoms with E-state index in [9.17, 15) is 29.4 Å². The van der Waals surface area contributed by atoms with Crippen LogP contribution in [0, 0.1) is 0 Å². The van der Waals surface area contributed by atoms with Gasteiger partial charge in [-0.25, -0.2) is 9.97 Å². The number of nitrogens with zero attached hydrogens (tertiary/aromatic N) is 3. The van der Waals surface area contributed by atoms with Gasteiger partial charge in [-0.05, 0) is 36.3 Å². The molecule has 16 heteroatoms. The van der Waals surface area contributed by atoms with Gasteiger partial charge in [0, 0.05) is 66.4 Å². The molecule has 6 N–H and O–H groups in total. The fourth-order valence-electron chi connectivity index (χ4n) is 5.74. The average Bonchev–Trinajstić information content (AvgIpc) is 3.87. The van der Waals surface area contributed by atoms with Gasteiger partial charge in [0.25, 0.3) is 5.91 Å². The topological polar surface area (TPSA) is 188 Å². The minimum absolute atomic E-state index is 0.0548. The Hall–Kier alpha value is -3.60. The third kappa shape index (κ3) is 8.64. The number of thioether (sulfide) groups is 1. The largest absolute Gasteiger partial charge is 0.507 e. The van der Waals surface area contributed by atoms with Crippen LogP contribution < -0.4 is 21.3 Å². The molecule has 0 radical (unpaired) electrons. The normalized spacial score (nSPS) is 15.8. The lowest BCUT2D eigenvalue weighted by Crippen LogP contribution is -2.48. The molecule has 4 aromatic rings. The number of nitrogens with two attached hydrogens (primary N) is 1. The maximum Gasteiger partial charge on any atom is 0.270 e. The Morgan fingerprint density at radius 2 is 1.90 bits per heavy atom. The van der Waals surface area contributed by atoms with Crippen LogP contribution in [0.25, 0.3) is 21.5 Å². The quantitative estimate of drug-likeness (QED) is 0.0800. The number of benzene rings is 2. The van der Waals surface area contributed by atoms with Gasteiger partial charge >= 0.3 is 0 Å². The Balaban J connectivity index is 1.28. The molecule has 4 atom stereocenters. The highest BCUT2D eigenvalue weighted by Crippen LogP contribution is 2.45. The molecule has 3 heterocycles. The molecule has 2 aromatic heterocycles. The zero-order chi connectivity index (χ0) is 35.9. The predicted molar refractivity (Wildman–Crippen MR) is 199 cm³/mol. The molecule has 0 saturated carbocycles. The lowest BCUT2D eigenvalue weighted by Gasteiger charge is -2.21. The summed E-state index contributed by atoms with van der Waals surface area (Å²) in [7, 11) is 0. The van der Waals surface area contributed by atoms with Crippen LogP contribution in [0.2, 0.25) is 0 Å². The van der Waals surface area contributed by atoms with E-state index < -0.39 is 24.1 Å². The van der Waals surface area contributed by atoms with Crippen LogP contribution in [-0.4, -0.2) is 86.8 Å². The number of nitrogens with one attached hydrogen (secondary N) is 2. The average molecular weight is 759 g/mol. The van der Waals surface area contributed by atoms with E-state index in [2.05, 4.69) is 20.6 Å². The molecule has 2 aromatic carbocycles. The SMILES string of the molecule is CSCCCNC(=O)c1csc(-c2csc(C(CC(=O)CCC(=O)N3CC(CCl)c4c3cc(O)c3ccccc43)NC(=O)[C@@H](N)[C@@H](C)O)n2)n1. The summed E-state index contributed by atoms with van der Waals surface area (Å²) < 4.78 is 0. The number of phenolic OH excluding ortho intramolecular Hbond substituents is 1. The molecule has 3 amide bonds. The van der Waals surface area contributed by atoms with Crippen molar-refractivity contribution in [3.05, 3.63) is 57.4 Å². The van der Waals surface area contributed by atoms with Crippen molar-refractivity contribution in [3.8, 4) is 16.5 Å². The molecular formula is C34H39ClN6O6S3. The van der Waals surface area contributed by atoms with Gasteiger partial charge in [-0.3, -0.25) is 19.2 Å². The molecule has 0 bridgehead atoms. The number of carbonyl (C=O) groups is 4. The second-order valence-electron chi connectivity index (χ2n) is 12.0. The van der Waals surface area contributed by atoms with Gasteiger partial charge in [0.15, 0.2) is 0 Å². The van der Waals surface area contributed by atoms with Crippen molar-refractivity contribution in [1.29, 1.82) is 0 Å². The number of phenols is 1. The predicted octanol–water partition coefficient (Wildman–Crippen LogP) is 4.58. The van der Waals surface area contributed by atoms with Crippen molar-refractivity contribution < 1.29 is 29.4 Å². The van der Waals surface area contributed by atoms with Crippen molar-refractivity contribution in [3.63, 3.8) is 0 Å². The first-order valence-electron chi connectivity index (χ1n) is 16.1. The molecule has 5 rings (SSSR count). The van der Waals surface area contributed by atoms with Gasteiger partial charge in [0.05, 0.1) is 17.8 Å². The second-order valence-corrected chi connectivity index (χ2v) is 15.1. The molecule has 0 spiro atoms. The molecular weight excluding hydrogens is 720 g/mol. The lowest BCUT2D eigenvalue weighted by molar-refractivity contribution is -0.126. The van der Waals surface area contributed by atoms with Gasteiger partial charge in [-0.1, -0.05) is 24.3 Å². The Labute approximate surface area is 306 Å². The number of anilines is 1. The molecule has 1 aliphatic rings. The van der Waals surface area contributed by atoms with Crippen LogP contribution in [0.5, 0.6) is 5.75 Å². The number of fused-ring (bicyclic) bond motifs is 3. The molecule has 1 aliphatic heterocycles. The third-order valence-electron chi connectivity index (χ3n) is 8.41. The summed E-state index contributed by atoms with van der Waals surface area (Å²) in [5, 5.41) is 32.0. The number of ketones is 1. The van der Waals surface area contributed by atoms with Crippen LogP contribution in [-0.2, 0) is 14.4 Å². The number of thiazole rings is 2. The van der Waals surface area contributed by atoms with E-state index in [1.807, 2.05) is 30.5 Å². The number of hydrogen-bond donors (Lipinski definition) is 5. The molecule has 12 nitrogen and oxygen atoms in total. The standard InChI is InChI=1S/C34H39ClN6O6S3/c1-18(42)30(36)32(47)38-23(33-40-25(17-50-33)34-39-24(16-49-34)31(46)37-10-5-11-48-2)12-20(43)8-9-28(45)41-15-19(14-35)29-22-7-4-3-6-21(22)27(44)13-26(29)41/h3-4,6-7,13,16-19,23,30,42,44H,5,8-12,14-15,36H2,1-2H3,(H,37,46)(H,38,47)/t18-,19?,23?,30+/m1/s1. The van der Waals surface area contributed by atoms with Crippen molar-refractivity contribution in [1.82, 2.24) is 20.6 Å². The number of amides is 3. The fourth-order valence-corrected chi connectivity index (χ4v) is 8.11. The molecule has 2 unspecified atom stereocenters. The van der Waals surface area contributed by atoms with Crippen LogP contribution in [0.3, 0.4) is 0 Å². The molecule has 0 saturated heterocycles. The minimum Gasteiger partial charge on any atom is -0.507 e. The van der Waals surface area contributed by atoms with Crippen LogP contribution >= 0.6 is 46.0 Å². The maximum absolute atomic E-state index is 13.5. The third-order valence-corrected chi connectivity index (χ3v) is 11.3. The Morgan fingerprint density at radius 1 is 1.14 bits per heavy atom. The number of halogens is 1. The maximum atomic E-state index is 13.5. The summed E-state index contributed by atoms with van der Waals surface area (Å²) in [5.74, 6) is -0.382. The molecule has 0 aliphatic carbocycles. The Morgan fingerprint density at radius 3 is 2.62 bits per heavy atom. The van der Waals surface area contributed by atoms with E-state index in [1.54, 1.807) is 33.5 Å². The minimum atomic E-state index is -1.23. The second kappa shape index (κ2) is 17.1. The number of aromatic hydroxyl groups is 1. The van der Waals surface area contributed by atoms with Gasteiger partial charge in [0.2, 0.25) is 11.8 Å². The number of aliphatic hydroxyl groups is 1. The van der Waals surface area contributed by atoms with Crippen LogP contribution in [0.15, 0.2) is 41.1 Å². The first-order chi connectivity index (χ1) is 24.0. The smallest absolute Gasteiger partial charge is 0.270 e. The highest BCUT2D eigenvalue weighted by Gasteiger charge is 2.35.